The summed E-state index contributed by atoms with van der Waals surface area (Å²) in [6, 6.07) is 7.37. The van der Waals surface area contributed by atoms with E-state index in [1.165, 1.54) is 38.3 Å². The molecule has 0 aliphatic carbocycles. The van der Waals surface area contributed by atoms with E-state index >= 15 is 0 Å². The average molecular weight is 370 g/mol. The highest BCUT2D eigenvalue weighted by atomic mass is 32.2. The van der Waals surface area contributed by atoms with Gasteiger partial charge < -0.3 is 10.1 Å². The van der Waals surface area contributed by atoms with E-state index in [0.29, 0.717) is 5.75 Å². The van der Waals surface area contributed by atoms with Gasteiger partial charge in [0.25, 0.3) is 0 Å². The van der Waals surface area contributed by atoms with Gasteiger partial charge in [0.05, 0.1) is 18.0 Å². The number of nitrogens with one attached hydrogen (secondary N) is 2. The van der Waals surface area contributed by atoms with Gasteiger partial charge in [0.2, 0.25) is 15.9 Å². The third-order valence-electron chi connectivity index (χ3n) is 3.31. The maximum absolute atomic E-state index is 13.5. The lowest BCUT2D eigenvalue weighted by molar-refractivity contribution is -0.117. The smallest absolute Gasteiger partial charge is 0.242 e. The van der Waals surface area contributed by atoms with Crippen LogP contribution in [-0.2, 0) is 14.8 Å². The Labute approximate surface area is 143 Å². The minimum Gasteiger partial charge on any atom is -0.497 e. The van der Waals surface area contributed by atoms with Crippen LogP contribution in [0.3, 0.4) is 0 Å². The van der Waals surface area contributed by atoms with E-state index in [4.69, 9.17) is 4.74 Å². The number of hydrogen-bond acceptors (Lipinski definition) is 4. The number of para-hydroxylation sites is 1. The van der Waals surface area contributed by atoms with E-state index in [2.05, 4.69) is 4.72 Å². The minimum absolute atomic E-state index is 0.0787. The Bertz CT molecular complexity index is 850. The molecule has 1 amide bonds. The Hall–Kier alpha value is -2.52. The van der Waals surface area contributed by atoms with Crippen molar-refractivity contribution in [2.45, 2.75) is 17.9 Å². The molecular formula is C16H16F2N2O4S. The molecule has 6 nitrogen and oxygen atoms in total. The molecule has 134 valence electrons. The first-order valence-corrected chi connectivity index (χ1v) is 8.64. The van der Waals surface area contributed by atoms with Crippen LogP contribution in [0.5, 0.6) is 5.75 Å². The predicted molar refractivity (Wildman–Crippen MR) is 87.8 cm³/mol. The lowest BCUT2D eigenvalue weighted by atomic mass is 10.2. The topological polar surface area (TPSA) is 84.5 Å². The van der Waals surface area contributed by atoms with Gasteiger partial charge in [-0.05, 0) is 43.3 Å². The third kappa shape index (κ3) is 4.52. The molecule has 2 aromatic carbocycles. The molecular weight excluding hydrogens is 354 g/mol. The van der Waals surface area contributed by atoms with Crippen LogP contribution in [0.1, 0.15) is 6.92 Å². The van der Waals surface area contributed by atoms with Crippen molar-refractivity contribution in [2.75, 3.05) is 12.4 Å². The number of halogens is 2. The van der Waals surface area contributed by atoms with Crippen molar-refractivity contribution in [2.24, 2.45) is 0 Å². The zero-order valence-corrected chi connectivity index (χ0v) is 14.2. The van der Waals surface area contributed by atoms with Gasteiger partial charge in [0.15, 0.2) is 0 Å². The number of carbonyl (C=O) groups is 1. The molecule has 1 atom stereocenters. The first-order valence-electron chi connectivity index (χ1n) is 7.16. The van der Waals surface area contributed by atoms with Crippen molar-refractivity contribution in [3.05, 3.63) is 54.1 Å². The molecule has 2 rings (SSSR count). The first kappa shape index (κ1) is 18.8. The van der Waals surface area contributed by atoms with Crippen LogP contribution in [0.4, 0.5) is 14.5 Å². The van der Waals surface area contributed by atoms with Gasteiger partial charge in [0, 0.05) is 0 Å². The van der Waals surface area contributed by atoms with Gasteiger partial charge in [0.1, 0.15) is 23.1 Å². The standard InChI is InChI=1S/C16H16F2N2O4S/c1-10(16(21)19-15-13(17)4-3-5-14(15)18)20-25(22,23)12-8-6-11(24-2)7-9-12/h3-10,20H,1-2H3,(H,19,21)/t10-/m0/s1. The summed E-state index contributed by atoms with van der Waals surface area (Å²) in [5, 5.41) is 2.03. The highest BCUT2D eigenvalue weighted by Crippen LogP contribution is 2.19. The summed E-state index contributed by atoms with van der Waals surface area (Å²) in [7, 11) is -2.56. The summed E-state index contributed by atoms with van der Waals surface area (Å²) in [5.74, 6) is -2.35. The van der Waals surface area contributed by atoms with Gasteiger partial charge in [-0.2, -0.15) is 4.72 Å². The summed E-state index contributed by atoms with van der Waals surface area (Å²) in [6.07, 6.45) is 0. The lowest BCUT2D eigenvalue weighted by Crippen LogP contribution is -2.41. The zero-order valence-electron chi connectivity index (χ0n) is 13.4. The van der Waals surface area contributed by atoms with Crippen molar-refractivity contribution in [3.63, 3.8) is 0 Å². The van der Waals surface area contributed by atoms with Crippen LogP contribution in [0.2, 0.25) is 0 Å². The molecule has 2 N–H and O–H groups in total. The molecule has 0 spiro atoms. The molecule has 0 saturated carbocycles. The quantitative estimate of drug-likeness (QED) is 0.817. The van der Waals surface area contributed by atoms with E-state index in [0.717, 1.165) is 18.2 Å². The van der Waals surface area contributed by atoms with Crippen molar-refractivity contribution in [1.29, 1.82) is 0 Å². The van der Waals surface area contributed by atoms with Crippen molar-refractivity contribution >= 4 is 21.6 Å². The van der Waals surface area contributed by atoms with Gasteiger partial charge >= 0.3 is 0 Å². The Balaban J connectivity index is 2.11. The van der Waals surface area contributed by atoms with Gasteiger partial charge in [-0.3, -0.25) is 4.79 Å². The second-order valence-corrected chi connectivity index (χ2v) is 6.82. The monoisotopic (exact) mass is 370 g/mol. The maximum atomic E-state index is 13.5. The van der Waals surface area contributed by atoms with Crippen LogP contribution in [0.15, 0.2) is 47.4 Å². The van der Waals surface area contributed by atoms with Gasteiger partial charge in [-0.1, -0.05) is 6.07 Å². The van der Waals surface area contributed by atoms with E-state index in [1.807, 2.05) is 5.32 Å². The van der Waals surface area contributed by atoms with Gasteiger partial charge in [-0.15, -0.1) is 0 Å². The van der Waals surface area contributed by atoms with Crippen molar-refractivity contribution in [3.8, 4) is 5.75 Å². The van der Waals surface area contributed by atoms with E-state index in [-0.39, 0.29) is 4.90 Å². The molecule has 2 aromatic rings. The fourth-order valence-corrected chi connectivity index (χ4v) is 3.16. The molecule has 0 bridgehead atoms. The van der Waals surface area contributed by atoms with E-state index in [9.17, 15) is 22.0 Å². The van der Waals surface area contributed by atoms with Crippen molar-refractivity contribution in [1.82, 2.24) is 4.72 Å². The second kappa shape index (κ2) is 7.58. The molecule has 0 unspecified atom stereocenters. The molecule has 0 heterocycles. The Morgan fingerprint density at radius 3 is 2.16 bits per heavy atom. The number of sulfonamides is 1. The number of methoxy groups -OCH3 is 1. The van der Waals surface area contributed by atoms with Crippen LogP contribution >= 0.6 is 0 Å². The second-order valence-electron chi connectivity index (χ2n) is 5.10. The number of benzene rings is 2. The van der Waals surface area contributed by atoms with E-state index < -0.39 is 39.3 Å². The predicted octanol–water partition coefficient (Wildman–Crippen LogP) is 2.28. The van der Waals surface area contributed by atoms with Crippen molar-refractivity contribution < 1.29 is 26.7 Å². The molecule has 25 heavy (non-hydrogen) atoms. The SMILES string of the molecule is COc1ccc(S(=O)(=O)N[C@@H](C)C(=O)Nc2c(F)cccc2F)cc1. The molecule has 0 radical (unpaired) electrons. The normalized spacial score (nSPS) is 12.5. The Kier molecular flexibility index (Phi) is 5.70. The summed E-state index contributed by atoms with van der Waals surface area (Å²) in [6.45, 7) is 1.26. The summed E-state index contributed by atoms with van der Waals surface area (Å²) >= 11 is 0. The highest BCUT2D eigenvalue weighted by Gasteiger charge is 2.23. The zero-order chi connectivity index (χ0) is 18.6. The molecule has 0 aromatic heterocycles. The van der Waals surface area contributed by atoms with Crippen LogP contribution in [0, 0.1) is 11.6 Å². The first-order chi connectivity index (χ1) is 11.7. The van der Waals surface area contributed by atoms with Gasteiger partial charge in [-0.25, -0.2) is 17.2 Å². The Morgan fingerprint density at radius 1 is 1.08 bits per heavy atom. The average Bonchev–Trinajstić information content (AvgIpc) is 2.57. The fraction of sp³-hybridized carbons (Fsp3) is 0.188. The number of amides is 1. The third-order valence-corrected chi connectivity index (χ3v) is 4.86. The highest BCUT2D eigenvalue weighted by molar-refractivity contribution is 7.89. The minimum atomic E-state index is -4.00. The maximum Gasteiger partial charge on any atom is 0.242 e. The van der Waals surface area contributed by atoms with Crippen LogP contribution in [0.25, 0.3) is 0 Å². The van der Waals surface area contributed by atoms with Crippen LogP contribution < -0.4 is 14.8 Å². The molecule has 9 heteroatoms. The largest absolute Gasteiger partial charge is 0.497 e. The van der Waals surface area contributed by atoms with Crippen LogP contribution in [-0.4, -0.2) is 27.5 Å². The number of rotatable bonds is 6. The number of ether oxygens (including phenoxy) is 1. The lowest BCUT2D eigenvalue weighted by Gasteiger charge is -2.15. The molecule has 0 aliphatic rings. The summed E-state index contributed by atoms with van der Waals surface area (Å²) in [5.41, 5.74) is -0.636. The summed E-state index contributed by atoms with van der Waals surface area (Å²) in [4.78, 5) is 12.0. The fourth-order valence-electron chi connectivity index (χ4n) is 1.96. The number of anilines is 1. The number of hydrogen-bond donors (Lipinski definition) is 2. The molecule has 0 saturated heterocycles. The molecule has 0 aliphatic heterocycles. The Morgan fingerprint density at radius 2 is 1.64 bits per heavy atom. The number of carbonyl (C=O) groups excluding carboxylic acids is 1. The summed E-state index contributed by atoms with van der Waals surface area (Å²) < 4.78 is 58.7. The van der Waals surface area contributed by atoms with E-state index in [1.54, 1.807) is 0 Å². The molecule has 0 fully saturated rings.